The number of hydrogen-bond acceptors (Lipinski definition) is 5. The highest BCUT2D eigenvalue weighted by molar-refractivity contribution is 6.38. The van der Waals surface area contributed by atoms with Crippen LogP contribution >= 0.6 is 23.2 Å². The summed E-state index contributed by atoms with van der Waals surface area (Å²) in [5.74, 6) is -2.23. The Balaban J connectivity index is 0.00000338. The number of rotatable bonds is 6. The Kier molecular flexibility index (Phi) is 7.47. The van der Waals surface area contributed by atoms with Crippen LogP contribution in [0.4, 0.5) is 10.2 Å². The van der Waals surface area contributed by atoms with Gasteiger partial charge in [-0.2, -0.15) is 9.37 Å². The second-order valence-corrected chi connectivity index (χ2v) is 6.19. The van der Waals surface area contributed by atoms with E-state index < -0.39 is 23.5 Å². The average molecular weight is 405 g/mol. The summed E-state index contributed by atoms with van der Waals surface area (Å²) in [7, 11) is 0. The van der Waals surface area contributed by atoms with Crippen molar-refractivity contribution >= 4 is 35.0 Å². The molecule has 0 radical (unpaired) electrons. The van der Waals surface area contributed by atoms with E-state index in [1.165, 1.54) is 12.1 Å². The van der Waals surface area contributed by atoms with Crippen molar-refractivity contribution in [1.82, 2.24) is 4.98 Å². The third-order valence-electron chi connectivity index (χ3n) is 3.25. The Labute approximate surface area is 160 Å². The number of pyridine rings is 1. The number of hydrogen-bond donors (Lipinski definition) is 3. The summed E-state index contributed by atoms with van der Waals surface area (Å²) in [5.41, 5.74) is 0.628. The van der Waals surface area contributed by atoms with Crippen LogP contribution in [-0.4, -0.2) is 27.7 Å². The molecule has 3 N–H and O–H groups in total. The van der Waals surface area contributed by atoms with E-state index in [1.54, 1.807) is 6.07 Å². The van der Waals surface area contributed by atoms with Crippen LogP contribution in [0.3, 0.4) is 0 Å². The van der Waals surface area contributed by atoms with E-state index in [4.69, 9.17) is 33.0 Å². The molecule has 2 aromatic rings. The molecule has 0 saturated heterocycles. The lowest BCUT2D eigenvalue weighted by Gasteiger charge is -2.15. The first-order valence-electron chi connectivity index (χ1n) is 7.21. The number of anilines is 1. The van der Waals surface area contributed by atoms with Crippen molar-refractivity contribution in [3.05, 3.63) is 39.8 Å². The lowest BCUT2D eigenvalue weighted by Crippen LogP contribution is -2.14. The van der Waals surface area contributed by atoms with Gasteiger partial charge >= 0.3 is 5.97 Å². The molecule has 1 heterocycles. The lowest BCUT2D eigenvalue weighted by molar-refractivity contribution is -0.134. The average Bonchev–Trinajstić information content (AvgIpc) is 2.54. The molecule has 0 aliphatic rings. The van der Waals surface area contributed by atoms with Crippen LogP contribution in [0.25, 0.3) is 0 Å². The molecule has 9 heteroatoms. The van der Waals surface area contributed by atoms with Crippen molar-refractivity contribution in [2.24, 2.45) is 0 Å². The van der Waals surface area contributed by atoms with Gasteiger partial charge in [-0.15, -0.1) is 0 Å². The Hall–Kier alpha value is -2.25. The van der Waals surface area contributed by atoms with Gasteiger partial charge in [0.1, 0.15) is 28.1 Å². The number of nitrogens with one attached hydrogen (secondary N) is 1. The molecule has 2 rings (SSSR count). The molecule has 0 aliphatic heterocycles. The quantitative estimate of drug-likeness (QED) is 0.567. The number of aromatic hydroxyl groups is 1. The molecule has 0 aliphatic carbocycles. The molecule has 0 atom stereocenters. The van der Waals surface area contributed by atoms with Gasteiger partial charge in [0.2, 0.25) is 5.95 Å². The van der Waals surface area contributed by atoms with Crippen LogP contribution in [0, 0.1) is 5.95 Å². The van der Waals surface area contributed by atoms with E-state index in [2.05, 4.69) is 10.3 Å². The molecule has 1 aromatic heterocycles. The van der Waals surface area contributed by atoms with Crippen molar-refractivity contribution < 1.29 is 24.1 Å². The topological polar surface area (TPSA) is 91.7 Å². The van der Waals surface area contributed by atoms with Gasteiger partial charge in [0.05, 0.1) is 0 Å². The summed E-state index contributed by atoms with van der Waals surface area (Å²) in [4.78, 5) is 14.1. The van der Waals surface area contributed by atoms with Crippen molar-refractivity contribution in [2.75, 3.05) is 11.9 Å². The largest absolute Gasteiger partial charge is 0.508 e. The minimum absolute atomic E-state index is 0. The van der Waals surface area contributed by atoms with E-state index in [1.807, 2.05) is 13.8 Å². The first-order chi connectivity index (χ1) is 11.7. The van der Waals surface area contributed by atoms with Crippen LogP contribution < -0.4 is 10.1 Å². The Morgan fingerprint density at radius 2 is 2.00 bits per heavy atom. The fourth-order valence-corrected chi connectivity index (χ4v) is 2.50. The van der Waals surface area contributed by atoms with Crippen molar-refractivity contribution in [1.29, 1.82) is 0 Å². The first kappa shape index (κ1) is 21.8. The third-order valence-corrected chi connectivity index (χ3v) is 3.92. The molecule has 1 aromatic carbocycles. The zero-order valence-corrected chi connectivity index (χ0v) is 14.8. The van der Waals surface area contributed by atoms with Gasteiger partial charge in [-0.1, -0.05) is 44.5 Å². The number of nitrogens with zero attached hydrogens (tertiary/aromatic N) is 1. The molecular weight excluding hydrogens is 386 g/mol. The smallest absolute Gasteiger partial charge is 0.322 e. The van der Waals surface area contributed by atoms with Crippen LogP contribution in [0.1, 0.15) is 32.8 Å². The lowest BCUT2D eigenvalue weighted by atomic mass is 10.0. The monoisotopic (exact) mass is 404 g/mol. The Morgan fingerprint density at radius 3 is 2.58 bits per heavy atom. The molecule has 6 nitrogen and oxygen atoms in total. The van der Waals surface area contributed by atoms with Crippen LogP contribution in [0.5, 0.6) is 17.2 Å². The number of carboxylic acids is 1. The molecule has 0 unspecified atom stereocenters. The number of aliphatic carboxylic acids is 1. The van der Waals surface area contributed by atoms with Crippen LogP contribution in [0.2, 0.25) is 10.0 Å². The Morgan fingerprint density at radius 1 is 1.35 bits per heavy atom. The number of aromatic nitrogens is 1. The predicted octanol–water partition coefficient (Wildman–Crippen LogP) is 5.28. The molecule has 26 heavy (non-hydrogen) atoms. The standard InChI is InChI=1S/C16H15Cl2FN2O4.CH4/c1-7(2)9-5-8(3-4-10(9)22)25-14-12(17)15(19)21-16(13(14)18)20-6-11(23)24;/h3-5,7,22H,6H2,1-2H3,(H,20,21)(H,23,24);1H4. The number of carboxylic acid groups (broad SMARTS) is 1. The summed E-state index contributed by atoms with van der Waals surface area (Å²) < 4.78 is 19.5. The van der Waals surface area contributed by atoms with Crippen LogP contribution in [-0.2, 0) is 4.79 Å². The predicted molar refractivity (Wildman–Crippen MR) is 99.3 cm³/mol. The maximum atomic E-state index is 13.9. The van der Waals surface area contributed by atoms with E-state index >= 15 is 0 Å². The maximum Gasteiger partial charge on any atom is 0.322 e. The van der Waals surface area contributed by atoms with Gasteiger partial charge in [-0.05, 0) is 24.1 Å². The summed E-state index contributed by atoms with van der Waals surface area (Å²) in [5, 5.41) is 20.3. The molecular formula is C17H19Cl2FN2O4. The van der Waals surface area contributed by atoms with Crippen LogP contribution in [0.15, 0.2) is 18.2 Å². The van der Waals surface area contributed by atoms with Gasteiger partial charge < -0.3 is 20.3 Å². The molecule has 0 fully saturated rings. The second kappa shape index (κ2) is 8.91. The fourth-order valence-electron chi connectivity index (χ4n) is 2.04. The highest BCUT2D eigenvalue weighted by atomic mass is 35.5. The van der Waals surface area contributed by atoms with Crippen molar-refractivity contribution in [2.45, 2.75) is 27.2 Å². The number of phenols is 1. The van der Waals surface area contributed by atoms with Gasteiger partial charge in [-0.25, -0.2) is 0 Å². The highest BCUT2D eigenvalue weighted by Crippen LogP contribution is 2.42. The number of benzene rings is 1. The third kappa shape index (κ3) is 4.89. The van der Waals surface area contributed by atoms with Crippen molar-refractivity contribution in [3.8, 4) is 17.2 Å². The zero-order chi connectivity index (χ0) is 18.7. The van der Waals surface area contributed by atoms with Gasteiger partial charge in [0, 0.05) is 5.56 Å². The number of ether oxygens (including phenoxy) is 1. The fraction of sp³-hybridized carbons (Fsp3) is 0.294. The normalized spacial score (nSPS) is 10.4. The number of carbonyl (C=O) groups is 1. The molecule has 142 valence electrons. The summed E-state index contributed by atoms with van der Waals surface area (Å²) in [6, 6.07) is 4.49. The first-order valence-corrected chi connectivity index (χ1v) is 7.97. The molecule has 0 amide bonds. The van der Waals surface area contributed by atoms with Gasteiger partial charge in [0.15, 0.2) is 11.6 Å². The van der Waals surface area contributed by atoms with Gasteiger partial charge in [-0.3, -0.25) is 4.79 Å². The Bertz CT molecular complexity index is 816. The molecule has 0 saturated carbocycles. The van der Waals surface area contributed by atoms with Gasteiger partial charge in [0.25, 0.3) is 0 Å². The summed E-state index contributed by atoms with van der Waals surface area (Å²) in [6.45, 7) is 3.27. The number of halogens is 3. The second-order valence-electron chi connectivity index (χ2n) is 5.43. The van der Waals surface area contributed by atoms with E-state index in [-0.39, 0.29) is 41.4 Å². The SMILES string of the molecule is C.CC(C)c1cc(Oc2c(Cl)c(F)nc(NCC(=O)O)c2Cl)ccc1O. The summed E-state index contributed by atoms with van der Waals surface area (Å²) >= 11 is 12.0. The number of phenolic OH excluding ortho intramolecular Hbond substituents is 1. The van der Waals surface area contributed by atoms with Crippen molar-refractivity contribution in [3.63, 3.8) is 0 Å². The summed E-state index contributed by atoms with van der Waals surface area (Å²) in [6.07, 6.45) is 0. The molecule has 0 bridgehead atoms. The maximum absolute atomic E-state index is 13.9. The van der Waals surface area contributed by atoms with E-state index in [9.17, 15) is 14.3 Å². The molecule has 0 spiro atoms. The highest BCUT2D eigenvalue weighted by Gasteiger charge is 2.21. The zero-order valence-electron chi connectivity index (χ0n) is 13.3. The minimum atomic E-state index is -1.17. The van der Waals surface area contributed by atoms with E-state index in [0.717, 1.165) is 0 Å². The minimum Gasteiger partial charge on any atom is -0.508 e. The van der Waals surface area contributed by atoms with E-state index in [0.29, 0.717) is 5.56 Å².